The number of alkyl carbamates (subject to hydrolysis) is 1. The number of carbonyl (C=O) groups excluding carboxylic acids is 10. The van der Waals surface area contributed by atoms with Crippen molar-refractivity contribution in [1.82, 2.24) is 50.4 Å². The van der Waals surface area contributed by atoms with Crippen molar-refractivity contribution in [1.29, 1.82) is 0 Å². The minimum Gasteiger partial charge on any atom is -0.444 e. The zero-order valence-electron chi connectivity index (χ0n) is 68.3. The highest BCUT2D eigenvalue weighted by molar-refractivity contribution is 6.13. The summed E-state index contributed by atoms with van der Waals surface area (Å²) in [6, 6.07) is 29.4. The van der Waals surface area contributed by atoms with Gasteiger partial charge in [-0.25, -0.2) is 14.8 Å². The van der Waals surface area contributed by atoms with Gasteiger partial charge in [0, 0.05) is 198 Å². The second-order valence-corrected chi connectivity index (χ2v) is 31.7. The Morgan fingerprint density at radius 1 is 0.556 bits per heavy atom. The number of amidine groups is 2. The van der Waals surface area contributed by atoms with E-state index in [9.17, 15) is 47.9 Å². The number of anilines is 2. The molecule has 6 aromatic rings. The van der Waals surface area contributed by atoms with Crippen LogP contribution < -0.4 is 38.1 Å². The molecule has 117 heavy (non-hydrogen) atoms. The molecule has 0 radical (unpaired) electrons. The van der Waals surface area contributed by atoms with Crippen LogP contribution in [0.15, 0.2) is 143 Å². The van der Waals surface area contributed by atoms with Gasteiger partial charge in [0.05, 0.1) is 35.1 Å². The molecule has 616 valence electrons. The van der Waals surface area contributed by atoms with Gasteiger partial charge in [0.1, 0.15) is 23.1 Å². The second kappa shape index (κ2) is 40.7. The van der Waals surface area contributed by atoms with Crippen molar-refractivity contribution in [3.05, 3.63) is 200 Å². The molecular weight excluding hydrogens is 1480 g/mol. The molecular formula is C90H110N16O11. The Hall–Kier alpha value is -11.7. The third-order valence-corrected chi connectivity index (χ3v) is 21.2. The number of pyridine rings is 2. The summed E-state index contributed by atoms with van der Waals surface area (Å²) >= 11 is 0. The van der Waals surface area contributed by atoms with Crippen molar-refractivity contribution in [2.24, 2.45) is 33.3 Å². The van der Waals surface area contributed by atoms with E-state index in [1.807, 2.05) is 90.4 Å². The zero-order chi connectivity index (χ0) is 83.3. The van der Waals surface area contributed by atoms with E-state index in [0.29, 0.717) is 159 Å². The molecule has 7 heterocycles. The molecule has 0 atom stereocenters. The molecule has 1 saturated carbocycles. The molecule has 0 unspecified atom stereocenters. The van der Waals surface area contributed by atoms with Crippen molar-refractivity contribution >= 4 is 106 Å². The van der Waals surface area contributed by atoms with Gasteiger partial charge in [0.15, 0.2) is 0 Å². The molecule has 9 N–H and O–H groups in total. The standard InChI is InChI=1S/C49H58N8O6.C41H52N8O5/c1-3-21-56(22-4-2)49(63)38-24-36-15-16-37(26-42(36)54-44(50)27-38)48(62)53-40-25-39-31-55(23-19-41(39)52-28-40)29-32-9-13-35(14-10-32)47(61)51-20-5-6-43(58)34-11-7-33(8-12-34)30-57-45(59)17-18-46(57)60;1-6-17-49(18-7-2)39(52)31-20-29-12-13-30(22-35(29)46-36(23-31)47-40(53)54-41(3,4)5)38(51)45-33-21-32-26-48(19-14-34(32)44-24-33)25-27-8-10-28(11-9-27)37(50)43-16-15-42/h9-10,13-18,24-26,28,33-34H,3-8,11-12,19-23,27,29-31H2,1-2H3,(H2,50,54)(H,51,61)(H,53,62);8-13,20-22,24H,6-7,14-19,23,25-26,42H2,1-5H3,(H,43,50)(H,45,51)(H,46,47,53). The average Bonchev–Trinajstić information content (AvgIpc) is 1.54. The topological polar surface area (TPSA) is 359 Å². The summed E-state index contributed by atoms with van der Waals surface area (Å²) in [6.45, 7) is 22.1. The third kappa shape index (κ3) is 24.0. The number of benzene rings is 4. The summed E-state index contributed by atoms with van der Waals surface area (Å²) in [5.41, 5.74) is 23.8. The fourth-order valence-electron chi connectivity index (χ4n) is 15.3. The summed E-state index contributed by atoms with van der Waals surface area (Å²) in [6.07, 6.45) is 18.3. The normalized spacial score (nSPS) is 16.4. The Kier molecular flexibility index (Phi) is 30.0. The van der Waals surface area contributed by atoms with Gasteiger partial charge in [-0.15, -0.1) is 0 Å². The first kappa shape index (κ1) is 86.2. The van der Waals surface area contributed by atoms with Gasteiger partial charge in [-0.2, -0.15) is 0 Å². The number of carbonyl (C=O) groups is 10. The first-order chi connectivity index (χ1) is 56.3. The maximum Gasteiger partial charge on any atom is 0.413 e. The predicted molar refractivity (Wildman–Crippen MR) is 452 cm³/mol. The SMILES string of the molecule is CCCN(CCC)C(=O)C1=Cc2ccc(C(=O)Nc3cnc4c(c3)CN(Cc3ccc(C(=O)NCCCC(=O)C5CCC(CN6C(=O)C=CC6=O)CC5)cc3)CC4)cc2N=C(N)C1.CCCN(CCC)C(=O)C1=Cc2ccc(C(=O)Nc3cnc4c(c3)CN(Cc3ccc(C(=O)NCCN)cc3)CC4)cc2N=C(NC(=O)OC(C)(C)C)C1. The highest BCUT2D eigenvalue weighted by Crippen LogP contribution is 2.35. The number of hydrogen-bond acceptors (Lipinski definition) is 19. The Labute approximate surface area is 684 Å². The fraction of sp³-hybridized carbons (Fsp3) is 0.422. The van der Waals surface area contributed by atoms with Gasteiger partial charge < -0.3 is 47.3 Å². The Balaban J connectivity index is 0.000000233. The number of rotatable bonds is 29. The highest BCUT2D eigenvalue weighted by atomic mass is 16.6. The maximum absolute atomic E-state index is 13.7. The van der Waals surface area contributed by atoms with E-state index in [0.717, 1.165) is 117 Å². The van der Waals surface area contributed by atoms with Gasteiger partial charge >= 0.3 is 6.09 Å². The molecule has 27 nitrogen and oxygen atoms in total. The van der Waals surface area contributed by atoms with E-state index < -0.39 is 11.7 Å². The number of fused-ring (bicyclic) bond motifs is 4. The summed E-state index contributed by atoms with van der Waals surface area (Å²) in [7, 11) is 0. The fourth-order valence-corrected chi connectivity index (χ4v) is 15.3. The van der Waals surface area contributed by atoms with Crippen molar-refractivity contribution in [2.45, 2.75) is 170 Å². The van der Waals surface area contributed by atoms with Gasteiger partial charge in [0.2, 0.25) is 11.8 Å². The van der Waals surface area contributed by atoms with E-state index >= 15 is 0 Å². The molecule has 12 rings (SSSR count). The van der Waals surface area contributed by atoms with Crippen LogP contribution in [0.2, 0.25) is 0 Å². The minimum absolute atomic E-state index is 0.00641. The van der Waals surface area contributed by atoms with Crippen LogP contribution in [0.3, 0.4) is 0 Å². The third-order valence-electron chi connectivity index (χ3n) is 21.2. The summed E-state index contributed by atoms with van der Waals surface area (Å²) < 4.78 is 5.48. The van der Waals surface area contributed by atoms with Gasteiger partial charge in [0.25, 0.3) is 35.4 Å². The van der Waals surface area contributed by atoms with E-state index in [1.54, 1.807) is 75.6 Å². The van der Waals surface area contributed by atoms with E-state index in [4.69, 9.17) is 21.2 Å². The number of nitrogens with two attached hydrogens (primary N) is 2. The summed E-state index contributed by atoms with van der Waals surface area (Å²) in [5, 5.41) is 14.5. The Bertz CT molecular complexity index is 4810. The number of ether oxygens (including phenoxy) is 1. The zero-order valence-corrected chi connectivity index (χ0v) is 68.3. The smallest absolute Gasteiger partial charge is 0.413 e. The van der Waals surface area contributed by atoms with Crippen LogP contribution in [0.1, 0.15) is 212 Å². The number of ketones is 1. The molecule has 2 aromatic heterocycles. The molecule has 4 aromatic carbocycles. The van der Waals surface area contributed by atoms with Crippen LogP contribution >= 0.6 is 0 Å². The number of nitrogens with one attached hydrogen (secondary N) is 5. The first-order valence-corrected chi connectivity index (χ1v) is 41.0. The van der Waals surface area contributed by atoms with Crippen molar-refractivity contribution in [3.63, 3.8) is 0 Å². The van der Waals surface area contributed by atoms with E-state index in [1.165, 1.54) is 17.1 Å². The number of amides is 9. The second-order valence-electron chi connectivity index (χ2n) is 31.7. The molecule has 9 amide bonds. The van der Waals surface area contributed by atoms with Crippen LogP contribution in [-0.4, -0.2) is 176 Å². The average molecular weight is 1590 g/mol. The lowest BCUT2D eigenvalue weighted by Gasteiger charge is -2.30. The number of aliphatic imine (C=N–C) groups is 2. The molecule has 6 aliphatic rings. The van der Waals surface area contributed by atoms with Gasteiger partial charge in [-0.3, -0.25) is 73.1 Å². The number of nitrogens with zero attached hydrogens (tertiary/aromatic N) is 9. The van der Waals surface area contributed by atoms with Crippen molar-refractivity contribution < 1.29 is 52.7 Å². The monoisotopic (exact) mass is 1590 g/mol. The number of imide groups is 1. The summed E-state index contributed by atoms with van der Waals surface area (Å²) in [5.74, 6) is -0.632. The van der Waals surface area contributed by atoms with Crippen LogP contribution in [0.25, 0.3) is 12.2 Å². The molecule has 0 bridgehead atoms. The number of aromatic nitrogens is 2. The molecule has 27 heteroatoms. The maximum atomic E-state index is 13.7. The van der Waals surface area contributed by atoms with Gasteiger partial charge in [-0.05, 0) is 180 Å². The number of Topliss-reactive ketones (excluding diaryl/α,β-unsaturated/α-hetero) is 1. The van der Waals surface area contributed by atoms with Gasteiger partial charge in [-0.1, -0.05) is 64.1 Å². The van der Waals surface area contributed by atoms with E-state index in [-0.39, 0.29) is 83.6 Å². The quantitative estimate of drug-likeness (QED) is 0.0169. The first-order valence-electron chi connectivity index (χ1n) is 41.0. The highest BCUT2D eigenvalue weighted by Gasteiger charge is 2.33. The van der Waals surface area contributed by atoms with Crippen LogP contribution in [0.5, 0.6) is 0 Å². The minimum atomic E-state index is -0.729. The Morgan fingerprint density at radius 2 is 1.02 bits per heavy atom. The number of hydrogen-bond donors (Lipinski definition) is 7. The molecule has 0 saturated heterocycles. The molecule has 5 aliphatic heterocycles. The molecule has 1 fully saturated rings. The molecule has 0 spiro atoms. The lowest BCUT2D eigenvalue weighted by atomic mass is 9.79. The lowest BCUT2D eigenvalue weighted by molar-refractivity contribution is -0.138. The largest absolute Gasteiger partial charge is 0.444 e. The molecule has 1 aliphatic carbocycles. The predicted octanol–water partition coefficient (Wildman–Crippen LogP) is 11.7. The summed E-state index contributed by atoms with van der Waals surface area (Å²) in [4.78, 5) is 157. The Morgan fingerprint density at radius 3 is 1.49 bits per heavy atom. The van der Waals surface area contributed by atoms with Crippen molar-refractivity contribution in [2.75, 3.05) is 76.1 Å². The van der Waals surface area contributed by atoms with E-state index in [2.05, 4.69) is 65.2 Å². The van der Waals surface area contributed by atoms with Crippen molar-refractivity contribution in [3.8, 4) is 0 Å². The van der Waals surface area contributed by atoms with Crippen LogP contribution in [-0.2, 0) is 67.7 Å². The van der Waals surface area contributed by atoms with Crippen LogP contribution in [0, 0.1) is 11.8 Å². The lowest BCUT2D eigenvalue weighted by Crippen LogP contribution is -2.38. The van der Waals surface area contributed by atoms with Crippen LogP contribution in [0.4, 0.5) is 27.5 Å².